The van der Waals surface area contributed by atoms with Crippen LogP contribution < -0.4 is 4.90 Å². The molecule has 0 aliphatic heterocycles. The van der Waals surface area contributed by atoms with E-state index < -0.39 is 0 Å². The smallest absolute Gasteiger partial charge is 0.0540 e. The van der Waals surface area contributed by atoms with Crippen molar-refractivity contribution >= 4 is 17.1 Å². The van der Waals surface area contributed by atoms with Gasteiger partial charge >= 0.3 is 0 Å². The Morgan fingerprint density at radius 1 is 0.328 bits per heavy atom. The minimum Gasteiger partial charge on any atom is -0.309 e. The van der Waals surface area contributed by atoms with E-state index >= 15 is 0 Å². The number of benzene rings is 9. The highest BCUT2D eigenvalue weighted by Crippen LogP contribution is 2.58. The highest BCUT2D eigenvalue weighted by atomic mass is 15.1. The van der Waals surface area contributed by atoms with Gasteiger partial charge in [-0.1, -0.05) is 215 Å². The summed E-state index contributed by atoms with van der Waals surface area (Å²) in [5, 5.41) is 0. The zero-order valence-electron chi connectivity index (χ0n) is 36.7. The van der Waals surface area contributed by atoms with Crippen molar-refractivity contribution in [3.8, 4) is 66.8 Å². The zero-order chi connectivity index (χ0) is 42.8. The van der Waals surface area contributed by atoms with Crippen molar-refractivity contribution in [3.05, 3.63) is 235 Å². The third-order valence-corrected chi connectivity index (χ3v) is 14.9. The predicted octanol–water partition coefficient (Wildman–Crippen LogP) is 17.4. The van der Waals surface area contributed by atoms with E-state index in [0.717, 1.165) is 5.69 Å². The molecule has 0 atom stereocenters. The topological polar surface area (TPSA) is 3.24 Å². The largest absolute Gasteiger partial charge is 0.309 e. The van der Waals surface area contributed by atoms with Crippen LogP contribution in [0.4, 0.5) is 17.1 Å². The van der Waals surface area contributed by atoms with Gasteiger partial charge in [0, 0.05) is 27.6 Å². The fourth-order valence-electron chi connectivity index (χ4n) is 12.0. The van der Waals surface area contributed by atoms with Crippen LogP contribution in [0, 0.1) is 0 Å². The highest BCUT2D eigenvalue weighted by Gasteiger charge is 2.44. The van der Waals surface area contributed by atoms with Crippen molar-refractivity contribution in [2.24, 2.45) is 0 Å². The number of anilines is 3. The van der Waals surface area contributed by atoms with Crippen molar-refractivity contribution in [2.75, 3.05) is 4.90 Å². The summed E-state index contributed by atoms with van der Waals surface area (Å²) in [5.41, 5.74) is 24.5. The summed E-state index contributed by atoms with van der Waals surface area (Å²) < 4.78 is 0. The Kier molecular flexibility index (Phi) is 9.16. The molecule has 0 heterocycles. The lowest BCUT2D eigenvalue weighted by molar-refractivity contribution is 0.353. The molecule has 12 rings (SSSR count). The summed E-state index contributed by atoms with van der Waals surface area (Å²) >= 11 is 0. The van der Waals surface area contributed by atoms with E-state index in [1.54, 1.807) is 0 Å². The molecule has 9 aromatic carbocycles. The molecule has 0 aromatic heterocycles. The second-order valence-corrected chi connectivity index (χ2v) is 18.7. The molecule has 3 aliphatic rings. The minimum atomic E-state index is -0.165. The van der Waals surface area contributed by atoms with Gasteiger partial charge in [0.1, 0.15) is 0 Å². The van der Waals surface area contributed by atoms with Gasteiger partial charge in [0.2, 0.25) is 0 Å². The van der Waals surface area contributed by atoms with E-state index in [0.29, 0.717) is 0 Å². The van der Waals surface area contributed by atoms with Gasteiger partial charge in [-0.05, 0) is 121 Å². The van der Waals surface area contributed by atoms with Crippen LogP contribution in [0.25, 0.3) is 66.8 Å². The van der Waals surface area contributed by atoms with E-state index in [2.05, 4.69) is 231 Å². The van der Waals surface area contributed by atoms with Gasteiger partial charge in [-0.2, -0.15) is 0 Å². The average Bonchev–Trinajstić information content (AvgIpc) is 3.76. The number of nitrogens with zero attached hydrogens (tertiary/aromatic N) is 1. The Labute approximate surface area is 378 Å². The van der Waals surface area contributed by atoms with Gasteiger partial charge in [-0.25, -0.2) is 0 Å². The number of hydrogen-bond donors (Lipinski definition) is 0. The van der Waals surface area contributed by atoms with Crippen LogP contribution >= 0.6 is 0 Å². The van der Waals surface area contributed by atoms with E-state index in [1.165, 1.54) is 132 Å². The normalized spacial score (nSPS) is 15.0. The third kappa shape index (κ3) is 5.98. The summed E-state index contributed by atoms with van der Waals surface area (Å²) in [6.45, 7) is 4.81. The maximum atomic E-state index is 2.59. The molecule has 0 bridgehead atoms. The first-order valence-electron chi connectivity index (χ1n) is 23.2. The van der Waals surface area contributed by atoms with Crippen molar-refractivity contribution in [2.45, 2.75) is 56.8 Å². The van der Waals surface area contributed by atoms with E-state index in [4.69, 9.17) is 0 Å². The molecule has 0 N–H and O–H groups in total. The number of para-hydroxylation sites is 2. The standard InChI is InChI=1S/C63H51N/c1-62(2)56-33-13-9-29-51(56)54-31-20-32-55(61(54)62)53-30-12-16-36-60(53)64(46-37-38-52-50-28-10-14-34-57(50)63(58(52)42-46)39-17-4-18-40-63)59-35-15-11-27-49(59)45-24-19-23-44(41-45)48-26-8-7-25-47(48)43-21-5-3-6-22-43/h3,5-16,19-38,41-42H,4,17-18,39-40H2,1-2H3. The van der Waals surface area contributed by atoms with Crippen LogP contribution in [-0.2, 0) is 10.8 Å². The molecule has 64 heavy (non-hydrogen) atoms. The zero-order valence-corrected chi connectivity index (χ0v) is 36.7. The lowest BCUT2D eigenvalue weighted by Crippen LogP contribution is -2.28. The quantitative estimate of drug-likeness (QED) is 0.155. The Hall–Kier alpha value is -7.22. The fraction of sp³-hybridized carbons (Fsp3) is 0.143. The maximum absolute atomic E-state index is 2.59. The van der Waals surface area contributed by atoms with Crippen molar-refractivity contribution in [1.29, 1.82) is 0 Å². The van der Waals surface area contributed by atoms with Crippen LogP contribution in [0.5, 0.6) is 0 Å². The van der Waals surface area contributed by atoms with E-state index in [-0.39, 0.29) is 10.8 Å². The van der Waals surface area contributed by atoms with Crippen LogP contribution in [0.1, 0.15) is 68.2 Å². The summed E-state index contributed by atoms with van der Waals surface area (Å²) in [6.07, 6.45) is 6.21. The molecule has 1 fully saturated rings. The molecule has 0 saturated heterocycles. The van der Waals surface area contributed by atoms with E-state index in [9.17, 15) is 0 Å². The van der Waals surface area contributed by atoms with Crippen molar-refractivity contribution in [1.82, 2.24) is 0 Å². The van der Waals surface area contributed by atoms with Crippen LogP contribution in [0.3, 0.4) is 0 Å². The molecule has 3 aliphatic carbocycles. The molecule has 9 aromatic rings. The molecule has 1 spiro atoms. The van der Waals surface area contributed by atoms with Gasteiger partial charge in [0.05, 0.1) is 11.4 Å². The predicted molar refractivity (Wildman–Crippen MR) is 270 cm³/mol. The fourth-order valence-corrected chi connectivity index (χ4v) is 12.0. The summed E-state index contributed by atoms with van der Waals surface area (Å²) in [4.78, 5) is 2.59. The lowest BCUT2D eigenvalue weighted by Gasteiger charge is -2.37. The first kappa shape index (κ1) is 38.5. The Balaban J connectivity index is 1.08. The number of rotatable bonds is 7. The van der Waals surface area contributed by atoms with Gasteiger partial charge in [-0.15, -0.1) is 0 Å². The Morgan fingerprint density at radius 2 is 0.797 bits per heavy atom. The molecule has 0 unspecified atom stereocenters. The SMILES string of the molecule is CC1(C)c2ccccc2-c2cccc(-c3ccccc3N(c3ccc4c(c3)C3(CCCCC3)c3ccccc3-4)c3ccccc3-c3cccc(-c4ccccc4-c4ccccc4)c3)c21. The van der Waals surface area contributed by atoms with Crippen molar-refractivity contribution < 1.29 is 0 Å². The van der Waals surface area contributed by atoms with Gasteiger partial charge in [0.25, 0.3) is 0 Å². The van der Waals surface area contributed by atoms with Gasteiger partial charge in [-0.3, -0.25) is 0 Å². The lowest BCUT2D eigenvalue weighted by atomic mass is 9.68. The summed E-state index contributed by atoms with van der Waals surface area (Å²) in [7, 11) is 0. The maximum Gasteiger partial charge on any atom is 0.0540 e. The average molecular weight is 822 g/mol. The monoisotopic (exact) mass is 821 g/mol. The first-order chi connectivity index (χ1) is 31.5. The second-order valence-electron chi connectivity index (χ2n) is 18.7. The Morgan fingerprint density at radius 3 is 1.52 bits per heavy atom. The van der Waals surface area contributed by atoms with E-state index in [1.807, 2.05) is 0 Å². The van der Waals surface area contributed by atoms with Crippen LogP contribution in [0.15, 0.2) is 212 Å². The second kappa shape index (κ2) is 15.2. The number of hydrogen-bond acceptors (Lipinski definition) is 1. The molecule has 0 amide bonds. The molecular weight excluding hydrogens is 771 g/mol. The molecule has 1 nitrogen and oxygen atoms in total. The Bertz CT molecular complexity index is 3240. The van der Waals surface area contributed by atoms with Crippen LogP contribution in [-0.4, -0.2) is 0 Å². The third-order valence-electron chi connectivity index (χ3n) is 14.9. The van der Waals surface area contributed by atoms with Gasteiger partial charge in [0.15, 0.2) is 0 Å². The minimum absolute atomic E-state index is 0.0292. The molecule has 308 valence electrons. The molecule has 1 heteroatoms. The number of fused-ring (bicyclic) bond motifs is 8. The first-order valence-corrected chi connectivity index (χ1v) is 23.2. The summed E-state index contributed by atoms with van der Waals surface area (Å²) in [5.74, 6) is 0. The van der Waals surface area contributed by atoms with Crippen molar-refractivity contribution in [3.63, 3.8) is 0 Å². The highest BCUT2D eigenvalue weighted by molar-refractivity contribution is 5.98. The summed E-state index contributed by atoms with van der Waals surface area (Å²) in [6, 6.07) is 79.6. The molecule has 0 radical (unpaired) electrons. The van der Waals surface area contributed by atoms with Gasteiger partial charge < -0.3 is 4.90 Å². The molecular formula is C63H51N. The van der Waals surface area contributed by atoms with Crippen LogP contribution in [0.2, 0.25) is 0 Å². The molecule has 1 saturated carbocycles.